The molecule has 0 heterocycles. The minimum atomic E-state index is -1.02. The van der Waals surface area contributed by atoms with Crippen LogP contribution in [0.4, 0.5) is 5.69 Å². The number of amides is 1. The highest BCUT2D eigenvalue weighted by Crippen LogP contribution is 2.15. The van der Waals surface area contributed by atoms with Crippen molar-refractivity contribution >= 4 is 17.6 Å². The lowest BCUT2D eigenvalue weighted by Gasteiger charge is -2.25. The van der Waals surface area contributed by atoms with Gasteiger partial charge in [-0.05, 0) is 44.5 Å². The summed E-state index contributed by atoms with van der Waals surface area (Å²) < 4.78 is 0. The van der Waals surface area contributed by atoms with Gasteiger partial charge in [-0.15, -0.1) is 0 Å². The fraction of sp³-hybridized carbons (Fsp3) is 0.385. The highest BCUT2D eigenvalue weighted by molar-refractivity contribution is 5.96. The second-order valence-corrected chi connectivity index (χ2v) is 4.49. The van der Waals surface area contributed by atoms with Crippen molar-refractivity contribution in [2.45, 2.75) is 26.8 Å². The van der Waals surface area contributed by atoms with Crippen LogP contribution in [0, 0.1) is 6.92 Å². The van der Waals surface area contributed by atoms with Crippen molar-refractivity contribution in [2.24, 2.45) is 0 Å². The monoisotopic (exact) mass is 250 g/mol. The molecule has 1 aromatic rings. The number of carboxylic acids is 1. The lowest BCUT2D eigenvalue weighted by Crippen LogP contribution is -2.40. The predicted octanol–water partition coefficient (Wildman–Crippen LogP) is 1.51. The van der Waals surface area contributed by atoms with Crippen LogP contribution in [0.15, 0.2) is 18.2 Å². The molecule has 5 heteroatoms. The SMILES string of the molecule is Cc1cc(C(=O)N(CC(=O)O)C(C)C)ccc1N. The van der Waals surface area contributed by atoms with Crippen molar-refractivity contribution in [1.82, 2.24) is 4.90 Å². The largest absolute Gasteiger partial charge is 0.480 e. The lowest BCUT2D eigenvalue weighted by molar-refractivity contribution is -0.138. The van der Waals surface area contributed by atoms with Gasteiger partial charge in [-0.3, -0.25) is 9.59 Å². The topological polar surface area (TPSA) is 83.6 Å². The molecule has 1 aromatic carbocycles. The number of benzene rings is 1. The van der Waals surface area contributed by atoms with Gasteiger partial charge in [-0.1, -0.05) is 0 Å². The van der Waals surface area contributed by atoms with Gasteiger partial charge in [0, 0.05) is 17.3 Å². The van der Waals surface area contributed by atoms with Crippen LogP contribution in [-0.4, -0.2) is 34.5 Å². The first kappa shape index (κ1) is 14.0. The number of carbonyl (C=O) groups excluding carboxylic acids is 1. The predicted molar refractivity (Wildman–Crippen MR) is 69.4 cm³/mol. The number of nitrogens with two attached hydrogens (primary N) is 1. The molecule has 18 heavy (non-hydrogen) atoms. The first-order valence-electron chi connectivity index (χ1n) is 5.71. The van der Waals surface area contributed by atoms with E-state index >= 15 is 0 Å². The molecule has 0 fully saturated rings. The summed E-state index contributed by atoms with van der Waals surface area (Å²) in [6, 6.07) is 4.77. The fourth-order valence-corrected chi connectivity index (χ4v) is 1.61. The molecule has 0 spiro atoms. The Morgan fingerprint density at radius 1 is 1.39 bits per heavy atom. The van der Waals surface area contributed by atoms with E-state index in [-0.39, 0.29) is 18.5 Å². The third-order valence-electron chi connectivity index (χ3n) is 2.71. The van der Waals surface area contributed by atoms with Crippen LogP contribution >= 0.6 is 0 Å². The Labute approximate surface area is 106 Å². The van der Waals surface area contributed by atoms with E-state index < -0.39 is 5.97 Å². The van der Waals surface area contributed by atoms with Crippen molar-refractivity contribution in [2.75, 3.05) is 12.3 Å². The first-order valence-corrected chi connectivity index (χ1v) is 5.71. The third-order valence-corrected chi connectivity index (χ3v) is 2.71. The Morgan fingerprint density at radius 3 is 2.44 bits per heavy atom. The summed E-state index contributed by atoms with van der Waals surface area (Å²) in [4.78, 5) is 24.3. The van der Waals surface area contributed by atoms with Crippen molar-refractivity contribution in [3.63, 3.8) is 0 Å². The number of carboxylic acid groups (broad SMARTS) is 1. The molecule has 1 rings (SSSR count). The van der Waals surface area contributed by atoms with E-state index in [0.29, 0.717) is 11.3 Å². The summed E-state index contributed by atoms with van der Waals surface area (Å²) in [5.74, 6) is -1.32. The molecule has 3 N–H and O–H groups in total. The van der Waals surface area contributed by atoms with E-state index in [1.165, 1.54) is 4.90 Å². The standard InChI is InChI=1S/C13H18N2O3/c1-8(2)15(7-12(16)17)13(18)10-4-5-11(14)9(3)6-10/h4-6,8H,7,14H2,1-3H3,(H,16,17). The van der Waals surface area contributed by atoms with Crippen LogP contribution in [0.5, 0.6) is 0 Å². The van der Waals surface area contributed by atoms with Crippen LogP contribution in [-0.2, 0) is 4.79 Å². The zero-order chi connectivity index (χ0) is 13.9. The summed E-state index contributed by atoms with van der Waals surface area (Å²) in [6.07, 6.45) is 0. The van der Waals surface area contributed by atoms with Gasteiger partial charge in [0.25, 0.3) is 5.91 Å². The van der Waals surface area contributed by atoms with E-state index in [1.807, 2.05) is 6.92 Å². The van der Waals surface area contributed by atoms with E-state index in [9.17, 15) is 9.59 Å². The van der Waals surface area contributed by atoms with Crippen molar-refractivity contribution in [3.8, 4) is 0 Å². The molecule has 5 nitrogen and oxygen atoms in total. The number of anilines is 1. The molecule has 98 valence electrons. The van der Waals surface area contributed by atoms with Gasteiger partial charge in [-0.2, -0.15) is 0 Å². The Hall–Kier alpha value is -2.04. The van der Waals surface area contributed by atoms with Crippen LogP contribution in [0.25, 0.3) is 0 Å². The van der Waals surface area contributed by atoms with Gasteiger partial charge in [0.2, 0.25) is 0 Å². The number of hydrogen-bond acceptors (Lipinski definition) is 3. The second kappa shape index (κ2) is 5.53. The molecule has 0 saturated carbocycles. The average Bonchev–Trinajstić information content (AvgIpc) is 2.28. The van der Waals surface area contributed by atoms with Crippen molar-refractivity contribution in [1.29, 1.82) is 0 Å². The van der Waals surface area contributed by atoms with Gasteiger partial charge in [0.1, 0.15) is 6.54 Å². The first-order chi connectivity index (χ1) is 8.32. The maximum absolute atomic E-state index is 12.2. The summed E-state index contributed by atoms with van der Waals surface area (Å²) >= 11 is 0. The number of hydrogen-bond donors (Lipinski definition) is 2. The van der Waals surface area contributed by atoms with E-state index in [4.69, 9.17) is 10.8 Å². The molecule has 0 aliphatic carbocycles. The fourth-order valence-electron chi connectivity index (χ4n) is 1.61. The number of rotatable bonds is 4. The molecule has 0 saturated heterocycles. The van der Waals surface area contributed by atoms with Crippen LogP contribution in [0.2, 0.25) is 0 Å². The van der Waals surface area contributed by atoms with E-state index in [1.54, 1.807) is 32.0 Å². The highest BCUT2D eigenvalue weighted by Gasteiger charge is 2.21. The number of nitrogens with zero attached hydrogens (tertiary/aromatic N) is 1. The minimum Gasteiger partial charge on any atom is -0.480 e. The van der Waals surface area contributed by atoms with Crippen molar-refractivity contribution < 1.29 is 14.7 Å². The average molecular weight is 250 g/mol. The summed E-state index contributed by atoms with van der Waals surface area (Å²) in [5.41, 5.74) is 7.56. The van der Waals surface area contributed by atoms with Gasteiger partial charge in [0.05, 0.1) is 0 Å². The molecule has 0 unspecified atom stereocenters. The zero-order valence-corrected chi connectivity index (χ0v) is 10.8. The summed E-state index contributed by atoms with van der Waals surface area (Å²) in [6.45, 7) is 5.07. The van der Waals surface area contributed by atoms with Gasteiger partial charge < -0.3 is 15.7 Å². The molecule has 0 aliphatic rings. The molecular weight excluding hydrogens is 232 g/mol. The zero-order valence-electron chi connectivity index (χ0n) is 10.8. The molecule has 0 aromatic heterocycles. The van der Waals surface area contributed by atoms with Crippen LogP contribution in [0.1, 0.15) is 29.8 Å². The van der Waals surface area contributed by atoms with Gasteiger partial charge >= 0.3 is 5.97 Å². The maximum Gasteiger partial charge on any atom is 0.323 e. The molecule has 1 amide bonds. The normalized spacial score (nSPS) is 10.4. The Bertz CT molecular complexity index is 469. The third kappa shape index (κ3) is 3.23. The highest BCUT2D eigenvalue weighted by atomic mass is 16.4. The molecule has 0 atom stereocenters. The second-order valence-electron chi connectivity index (χ2n) is 4.49. The number of aliphatic carboxylic acids is 1. The molecule has 0 radical (unpaired) electrons. The summed E-state index contributed by atoms with van der Waals surface area (Å²) in [7, 11) is 0. The number of carbonyl (C=O) groups is 2. The smallest absolute Gasteiger partial charge is 0.323 e. The quantitative estimate of drug-likeness (QED) is 0.793. The number of aryl methyl sites for hydroxylation is 1. The van der Waals surface area contributed by atoms with Crippen LogP contribution in [0.3, 0.4) is 0 Å². The Balaban J connectivity index is 3.02. The van der Waals surface area contributed by atoms with Gasteiger partial charge in [0.15, 0.2) is 0 Å². The summed E-state index contributed by atoms with van der Waals surface area (Å²) in [5, 5.41) is 8.81. The van der Waals surface area contributed by atoms with Crippen LogP contribution < -0.4 is 5.73 Å². The van der Waals surface area contributed by atoms with Gasteiger partial charge in [-0.25, -0.2) is 0 Å². The minimum absolute atomic E-state index is 0.175. The van der Waals surface area contributed by atoms with E-state index in [0.717, 1.165) is 5.56 Å². The lowest BCUT2D eigenvalue weighted by atomic mass is 10.1. The molecule has 0 bridgehead atoms. The Kier molecular flexibility index (Phi) is 4.31. The Morgan fingerprint density at radius 2 is 2.00 bits per heavy atom. The van der Waals surface area contributed by atoms with Crippen molar-refractivity contribution in [3.05, 3.63) is 29.3 Å². The maximum atomic E-state index is 12.2. The number of nitrogen functional groups attached to an aromatic ring is 1. The molecular formula is C13H18N2O3. The van der Waals surface area contributed by atoms with E-state index in [2.05, 4.69) is 0 Å². The molecule has 0 aliphatic heterocycles.